The molecule has 0 rings (SSSR count). The Balaban J connectivity index is 0. The van der Waals surface area contributed by atoms with Crippen molar-refractivity contribution < 1.29 is 0 Å². The lowest BCUT2D eigenvalue weighted by Gasteiger charge is -1.99. The Morgan fingerprint density at radius 1 is 1.20 bits per heavy atom. The van der Waals surface area contributed by atoms with Gasteiger partial charge in [-0.3, -0.25) is 0 Å². The zero-order valence-electron chi connectivity index (χ0n) is 7.83. The van der Waals surface area contributed by atoms with E-state index in [1.54, 1.807) is 0 Å². The molecule has 0 aromatic heterocycles. The molecule has 0 aromatic carbocycles. The summed E-state index contributed by atoms with van der Waals surface area (Å²) in [7, 11) is 1.94. The first-order chi connectivity index (χ1) is 4.91. The molecule has 0 saturated heterocycles. The quantitative estimate of drug-likeness (QED) is 0.454. The largest absolute Gasteiger partial charge is 0.308 e. The third-order valence-electron chi connectivity index (χ3n) is 1.01. The van der Waals surface area contributed by atoms with Crippen LogP contribution in [0.15, 0.2) is 0 Å². The Labute approximate surface area is 65.4 Å². The van der Waals surface area contributed by atoms with Gasteiger partial charge in [0.15, 0.2) is 0 Å². The van der Waals surface area contributed by atoms with E-state index in [0.717, 1.165) is 13.2 Å². The summed E-state index contributed by atoms with van der Waals surface area (Å²) in [5, 5.41) is 6.24. The van der Waals surface area contributed by atoms with Crippen molar-refractivity contribution in [3.63, 3.8) is 0 Å². The van der Waals surface area contributed by atoms with Crippen LogP contribution in [0.5, 0.6) is 0 Å². The fourth-order valence-corrected chi connectivity index (χ4v) is 0.515. The lowest BCUT2D eigenvalue weighted by atomic mass is 10.3. The average Bonchev–Trinajstić information content (AvgIpc) is 2.02. The van der Waals surface area contributed by atoms with Crippen LogP contribution in [0, 0.1) is 0 Å². The van der Waals surface area contributed by atoms with Gasteiger partial charge in [0, 0.05) is 6.67 Å². The summed E-state index contributed by atoms with van der Waals surface area (Å²) in [4.78, 5) is 0. The fourth-order valence-electron chi connectivity index (χ4n) is 0.515. The summed E-state index contributed by atoms with van der Waals surface area (Å²) in [6, 6.07) is 0. The van der Waals surface area contributed by atoms with Crippen LogP contribution in [0.2, 0.25) is 0 Å². The van der Waals surface area contributed by atoms with Crippen LogP contribution >= 0.6 is 0 Å². The van der Waals surface area contributed by atoms with Gasteiger partial charge in [0.05, 0.1) is 0 Å². The Bertz CT molecular complexity index is 32.2. The predicted molar refractivity (Wildman–Crippen MR) is 48.2 cm³/mol. The van der Waals surface area contributed by atoms with Crippen molar-refractivity contribution in [1.29, 1.82) is 0 Å². The van der Waals surface area contributed by atoms with E-state index in [0.29, 0.717) is 0 Å². The number of rotatable bonds is 5. The van der Waals surface area contributed by atoms with Crippen LogP contribution in [0.25, 0.3) is 0 Å². The number of unbranched alkanes of at least 4 members (excludes halogenated alkanes) is 1. The van der Waals surface area contributed by atoms with Crippen molar-refractivity contribution >= 4 is 0 Å². The smallest absolute Gasteiger partial charge is 0.0451 e. The van der Waals surface area contributed by atoms with Crippen molar-refractivity contribution in [3.05, 3.63) is 0 Å². The number of hydrogen-bond donors (Lipinski definition) is 2. The molecular weight excluding hydrogens is 124 g/mol. The molecule has 0 amide bonds. The van der Waals surface area contributed by atoms with Crippen molar-refractivity contribution in [2.75, 3.05) is 20.3 Å². The topological polar surface area (TPSA) is 24.1 Å². The summed E-state index contributed by atoms with van der Waals surface area (Å²) in [5.41, 5.74) is 0. The molecule has 0 heterocycles. The monoisotopic (exact) mass is 146 g/mol. The van der Waals surface area contributed by atoms with Crippen LogP contribution in [0.1, 0.15) is 33.6 Å². The van der Waals surface area contributed by atoms with Gasteiger partial charge in [-0.2, -0.15) is 0 Å². The van der Waals surface area contributed by atoms with Crippen LogP contribution in [-0.4, -0.2) is 20.3 Å². The van der Waals surface area contributed by atoms with Gasteiger partial charge in [-0.05, 0) is 20.0 Å². The van der Waals surface area contributed by atoms with Crippen LogP contribution in [0.4, 0.5) is 0 Å². The second-order valence-electron chi connectivity index (χ2n) is 1.88. The maximum Gasteiger partial charge on any atom is 0.0451 e. The second-order valence-corrected chi connectivity index (χ2v) is 1.88. The fraction of sp³-hybridized carbons (Fsp3) is 1.00. The SMILES string of the molecule is CC.CCCCNCNC. The predicted octanol–water partition coefficient (Wildman–Crippen LogP) is 1.58. The normalized spacial score (nSPS) is 8.40. The number of nitrogens with one attached hydrogen (secondary N) is 2. The van der Waals surface area contributed by atoms with E-state index in [2.05, 4.69) is 17.6 Å². The molecule has 10 heavy (non-hydrogen) atoms. The molecule has 0 aliphatic heterocycles. The van der Waals surface area contributed by atoms with E-state index in [1.165, 1.54) is 12.8 Å². The van der Waals surface area contributed by atoms with Gasteiger partial charge in [-0.15, -0.1) is 0 Å². The van der Waals surface area contributed by atoms with Crippen LogP contribution in [0.3, 0.4) is 0 Å². The maximum atomic E-state index is 3.22. The van der Waals surface area contributed by atoms with Gasteiger partial charge in [-0.1, -0.05) is 27.2 Å². The van der Waals surface area contributed by atoms with Crippen LogP contribution < -0.4 is 10.6 Å². The van der Waals surface area contributed by atoms with Crippen molar-refractivity contribution in [2.45, 2.75) is 33.6 Å². The Kier molecular flexibility index (Phi) is 20.1. The average molecular weight is 146 g/mol. The lowest BCUT2D eigenvalue weighted by Crippen LogP contribution is -2.26. The Morgan fingerprint density at radius 3 is 2.20 bits per heavy atom. The van der Waals surface area contributed by atoms with Crippen molar-refractivity contribution in [1.82, 2.24) is 10.6 Å². The Morgan fingerprint density at radius 2 is 1.80 bits per heavy atom. The minimum atomic E-state index is 0.931. The highest BCUT2D eigenvalue weighted by molar-refractivity contribution is 4.41. The first kappa shape index (κ1) is 12.6. The second kappa shape index (κ2) is 16.0. The zero-order valence-corrected chi connectivity index (χ0v) is 7.83. The third-order valence-corrected chi connectivity index (χ3v) is 1.01. The Hall–Kier alpha value is -0.0800. The molecule has 0 fully saturated rings. The highest BCUT2D eigenvalue weighted by Crippen LogP contribution is 1.80. The van der Waals surface area contributed by atoms with Gasteiger partial charge in [0.2, 0.25) is 0 Å². The number of hydrogen-bond acceptors (Lipinski definition) is 2. The summed E-state index contributed by atoms with van der Waals surface area (Å²) in [6.45, 7) is 8.26. The van der Waals surface area contributed by atoms with E-state index in [9.17, 15) is 0 Å². The molecule has 0 saturated carbocycles. The highest BCUT2D eigenvalue weighted by Gasteiger charge is 1.79. The first-order valence-electron chi connectivity index (χ1n) is 4.27. The summed E-state index contributed by atoms with van der Waals surface area (Å²) < 4.78 is 0. The van der Waals surface area contributed by atoms with Gasteiger partial charge < -0.3 is 10.6 Å². The zero-order chi connectivity index (χ0) is 8.24. The maximum absolute atomic E-state index is 3.22. The van der Waals surface area contributed by atoms with E-state index >= 15 is 0 Å². The molecule has 2 N–H and O–H groups in total. The summed E-state index contributed by atoms with van der Waals surface area (Å²) >= 11 is 0. The van der Waals surface area contributed by atoms with Gasteiger partial charge in [0.1, 0.15) is 0 Å². The lowest BCUT2D eigenvalue weighted by molar-refractivity contribution is 0.603. The van der Waals surface area contributed by atoms with E-state index < -0.39 is 0 Å². The molecule has 0 atom stereocenters. The van der Waals surface area contributed by atoms with Crippen molar-refractivity contribution in [2.24, 2.45) is 0 Å². The molecule has 0 spiro atoms. The molecular formula is C8H22N2. The summed E-state index contributed by atoms with van der Waals surface area (Å²) in [5.74, 6) is 0. The summed E-state index contributed by atoms with van der Waals surface area (Å²) in [6.07, 6.45) is 2.55. The molecule has 0 aromatic rings. The minimum absolute atomic E-state index is 0.931. The molecule has 64 valence electrons. The van der Waals surface area contributed by atoms with Crippen LogP contribution in [-0.2, 0) is 0 Å². The van der Waals surface area contributed by atoms with Crippen molar-refractivity contribution in [3.8, 4) is 0 Å². The molecule has 2 nitrogen and oxygen atoms in total. The van der Waals surface area contributed by atoms with E-state index in [1.807, 2.05) is 20.9 Å². The van der Waals surface area contributed by atoms with Gasteiger partial charge in [0.25, 0.3) is 0 Å². The van der Waals surface area contributed by atoms with Gasteiger partial charge in [-0.25, -0.2) is 0 Å². The minimum Gasteiger partial charge on any atom is -0.308 e. The third kappa shape index (κ3) is 15.7. The standard InChI is InChI=1S/C6H16N2.C2H6/c1-3-4-5-8-6-7-2;1-2/h7-8H,3-6H2,1-2H3;1-2H3. The highest BCUT2D eigenvalue weighted by atomic mass is 15.0. The molecule has 0 radical (unpaired) electrons. The molecule has 0 aliphatic rings. The molecule has 0 unspecified atom stereocenters. The first-order valence-corrected chi connectivity index (χ1v) is 4.27. The molecule has 0 bridgehead atoms. The van der Waals surface area contributed by atoms with E-state index in [4.69, 9.17) is 0 Å². The van der Waals surface area contributed by atoms with E-state index in [-0.39, 0.29) is 0 Å². The molecule has 2 heteroatoms. The van der Waals surface area contributed by atoms with Gasteiger partial charge >= 0.3 is 0 Å². The molecule has 0 aliphatic carbocycles.